The summed E-state index contributed by atoms with van der Waals surface area (Å²) in [4.78, 5) is 0. The van der Waals surface area contributed by atoms with Gasteiger partial charge in [-0.2, -0.15) is 0 Å². The first-order valence-corrected chi connectivity index (χ1v) is 5.48. The summed E-state index contributed by atoms with van der Waals surface area (Å²) in [5.41, 5.74) is 4.43. The molecular weight excluding hydrogens is 234 g/mol. The van der Waals surface area contributed by atoms with E-state index in [1.165, 1.54) is 0 Å². The van der Waals surface area contributed by atoms with Crippen LogP contribution in [0.3, 0.4) is 0 Å². The molecule has 1 fully saturated rings. The van der Waals surface area contributed by atoms with E-state index in [2.05, 4.69) is 0 Å². The average Bonchev–Trinajstić information content (AvgIpc) is 2.22. The van der Waals surface area contributed by atoms with Gasteiger partial charge in [-0.05, 0) is 30.5 Å². The second kappa shape index (κ2) is 4.29. The third kappa shape index (κ3) is 1.92. The molecule has 0 aliphatic heterocycles. The smallest absolute Gasteiger partial charge is 0.263 e. The van der Waals surface area contributed by atoms with Gasteiger partial charge >= 0.3 is 0 Å². The minimum absolute atomic E-state index is 0.00144. The Morgan fingerprint density at radius 2 is 1.88 bits per heavy atom. The Morgan fingerprint density at radius 3 is 2.29 bits per heavy atom. The van der Waals surface area contributed by atoms with Crippen LogP contribution in [0.2, 0.25) is 0 Å². The van der Waals surface area contributed by atoms with E-state index in [0.29, 0.717) is 18.9 Å². The van der Waals surface area contributed by atoms with Crippen LogP contribution < -0.4 is 5.73 Å². The molecule has 0 heterocycles. The molecule has 1 aromatic carbocycles. The minimum atomic E-state index is -2.81. The third-order valence-electron chi connectivity index (χ3n) is 3.58. The van der Waals surface area contributed by atoms with Gasteiger partial charge in [-0.25, -0.2) is 17.6 Å². The normalized spacial score (nSPS) is 18.2. The molecule has 2 rings (SSSR count). The highest BCUT2D eigenvalue weighted by atomic mass is 19.3. The Hall–Kier alpha value is -1.10. The fourth-order valence-corrected chi connectivity index (χ4v) is 2.31. The third-order valence-corrected chi connectivity index (χ3v) is 3.58. The van der Waals surface area contributed by atoms with Crippen LogP contribution in [0.1, 0.15) is 36.8 Å². The molecule has 1 aromatic rings. The Kier molecular flexibility index (Phi) is 3.12. The van der Waals surface area contributed by atoms with Crippen molar-refractivity contribution in [3.8, 4) is 0 Å². The molecule has 0 unspecified atom stereocenters. The molecule has 5 heteroatoms. The summed E-state index contributed by atoms with van der Waals surface area (Å²) >= 11 is 0. The Morgan fingerprint density at radius 1 is 1.24 bits per heavy atom. The van der Waals surface area contributed by atoms with Gasteiger partial charge in [-0.1, -0.05) is 6.42 Å². The van der Waals surface area contributed by atoms with Gasteiger partial charge in [0.2, 0.25) is 0 Å². The molecular formula is C12H13F4N. The maximum atomic E-state index is 13.7. The van der Waals surface area contributed by atoms with Crippen molar-refractivity contribution in [3.63, 3.8) is 0 Å². The van der Waals surface area contributed by atoms with Crippen molar-refractivity contribution in [2.24, 2.45) is 5.73 Å². The Balaban J connectivity index is 2.52. The molecule has 0 saturated heterocycles. The molecule has 0 aromatic heterocycles. The van der Waals surface area contributed by atoms with Crippen molar-refractivity contribution in [1.82, 2.24) is 0 Å². The zero-order valence-corrected chi connectivity index (χ0v) is 9.15. The number of alkyl halides is 2. The molecule has 2 N–H and O–H groups in total. The van der Waals surface area contributed by atoms with Crippen molar-refractivity contribution < 1.29 is 17.6 Å². The highest BCUT2D eigenvalue weighted by molar-refractivity contribution is 5.35. The quantitative estimate of drug-likeness (QED) is 0.815. The van der Waals surface area contributed by atoms with E-state index in [9.17, 15) is 17.6 Å². The van der Waals surface area contributed by atoms with Crippen molar-refractivity contribution >= 4 is 0 Å². The van der Waals surface area contributed by atoms with E-state index >= 15 is 0 Å². The molecule has 1 nitrogen and oxygen atoms in total. The second-order valence-electron chi connectivity index (χ2n) is 4.50. The van der Waals surface area contributed by atoms with E-state index in [1.807, 2.05) is 0 Å². The van der Waals surface area contributed by atoms with Crippen LogP contribution in [-0.4, -0.2) is 6.54 Å². The van der Waals surface area contributed by atoms with E-state index in [1.54, 1.807) is 0 Å². The van der Waals surface area contributed by atoms with Gasteiger partial charge in [0.15, 0.2) is 11.6 Å². The number of hydrogen-bond donors (Lipinski definition) is 1. The molecule has 1 saturated carbocycles. The highest BCUT2D eigenvalue weighted by Crippen LogP contribution is 2.45. The predicted molar refractivity (Wildman–Crippen MR) is 55.9 cm³/mol. The summed E-state index contributed by atoms with van der Waals surface area (Å²) in [5, 5.41) is 0. The zero-order valence-electron chi connectivity index (χ0n) is 9.15. The SMILES string of the molecule is NCC1(c2cc(C(F)F)cc(F)c2F)CCC1. The lowest BCUT2D eigenvalue weighted by Gasteiger charge is -2.41. The Labute approximate surface area is 96.6 Å². The van der Waals surface area contributed by atoms with Crippen molar-refractivity contribution in [1.29, 1.82) is 0 Å². The highest BCUT2D eigenvalue weighted by Gasteiger charge is 2.40. The standard InChI is InChI=1S/C12H13F4N/c13-9-5-7(11(15)16)4-8(10(9)14)12(6-17)2-1-3-12/h4-5,11H,1-3,6,17H2. The van der Waals surface area contributed by atoms with Crippen molar-refractivity contribution in [3.05, 3.63) is 34.9 Å². The number of rotatable bonds is 3. The van der Waals surface area contributed by atoms with Gasteiger partial charge < -0.3 is 5.73 Å². The van der Waals surface area contributed by atoms with Gasteiger partial charge in [0.05, 0.1) is 0 Å². The zero-order chi connectivity index (χ0) is 12.6. The first-order valence-electron chi connectivity index (χ1n) is 5.48. The minimum Gasteiger partial charge on any atom is -0.330 e. The first-order chi connectivity index (χ1) is 8.00. The van der Waals surface area contributed by atoms with Crippen LogP contribution in [-0.2, 0) is 5.41 Å². The summed E-state index contributed by atoms with van der Waals surface area (Å²) in [6.45, 7) is 0.149. The number of halogens is 4. The number of hydrogen-bond acceptors (Lipinski definition) is 1. The molecule has 0 spiro atoms. The topological polar surface area (TPSA) is 26.0 Å². The summed E-state index contributed by atoms with van der Waals surface area (Å²) in [5.74, 6) is -2.27. The average molecular weight is 247 g/mol. The van der Waals surface area contributed by atoms with E-state index in [-0.39, 0.29) is 12.1 Å². The Bertz CT molecular complexity index is 421. The lowest BCUT2D eigenvalue weighted by Crippen LogP contribution is -2.42. The lowest BCUT2D eigenvalue weighted by molar-refractivity contribution is 0.149. The van der Waals surface area contributed by atoms with Gasteiger partial charge in [0.25, 0.3) is 6.43 Å². The number of benzene rings is 1. The molecule has 0 bridgehead atoms. The number of nitrogens with two attached hydrogens (primary N) is 1. The lowest BCUT2D eigenvalue weighted by atomic mass is 9.64. The summed E-state index contributed by atoms with van der Waals surface area (Å²) < 4.78 is 52.1. The van der Waals surface area contributed by atoms with Crippen LogP contribution in [0.5, 0.6) is 0 Å². The molecule has 1 aliphatic carbocycles. The molecule has 0 radical (unpaired) electrons. The summed E-state index contributed by atoms with van der Waals surface area (Å²) in [6, 6.07) is 1.60. The van der Waals surface area contributed by atoms with Crippen molar-refractivity contribution in [2.45, 2.75) is 31.1 Å². The maximum Gasteiger partial charge on any atom is 0.263 e. The fraction of sp³-hybridized carbons (Fsp3) is 0.500. The fourth-order valence-electron chi connectivity index (χ4n) is 2.31. The first kappa shape index (κ1) is 12.4. The molecule has 17 heavy (non-hydrogen) atoms. The van der Waals surface area contributed by atoms with Gasteiger partial charge in [-0.3, -0.25) is 0 Å². The van der Waals surface area contributed by atoms with Crippen LogP contribution in [0.25, 0.3) is 0 Å². The van der Waals surface area contributed by atoms with Gasteiger partial charge in [-0.15, -0.1) is 0 Å². The van der Waals surface area contributed by atoms with Crippen molar-refractivity contribution in [2.75, 3.05) is 6.54 Å². The van der Waals surface area contributed by atoms with E-state index < -0.39 is 29.0 Å². The molecule has 0 atom stereocenters. The molecule has 0 amide bonds. The van der Waals surface area contributed by atoms with Crippen LogP contribution in [0.4, 0.5) is 17.6 Å². The van der Waals surface area contributed by atoms with Gasteiger partial charge in [0, 0.05) is 17.5 Å². The van der Waals surface area contributed by atoms with Crippen LogP contribution >= 0.6 is 0 Å². The second-order valence-corrected chi connectivity index (χ2v) is 4.50. The molecule has 1 aliphatic rings. The maximum absolute atomic E-state index is 13.7. The summed E-state index contributed by atoms with van der Waals surface area (Å²) in [7, 11) is 0. The monoisotopic (exact) mass is 247 g/mol. The van der Waals surface area contributed by atoms with E-state index in [4.69, 9.17) is 5.73 Å². The van der Waals surface area contributed by atoms with Crippen LogP contribution in [0.15, 0.2) is 12.1 Å². The largest absolute Gasteiger partial charge is 0.330 e. The van der Waals surface area contributed by atoms with E-state index in [0.717, 1.165) is 12.5 Å². The predicted octanol–water partition coefficient (Wildman–Crippen LogP) is 3.28. The molecule has 94 valence electrons. The summed E-state index contributed by atoms with van der Waals surface area (Å²) in [6.07, 6.45) is -0.713. The van der Waals surface area contributed by atoms with Gasteiger partial charge in [0.1, 0.15) is 0 Å². The van der Waals surface area contributed by atoms with Crippen LogP contribution in [0, 0.1) is 11.6 Å².